The van der Waals surface area contributed by atoms with Gasteiger partial charge in [0.15, 0.2) is 0 Å². The molecule has 8 nitrogen and oxygen atoms in total. The van der Waals surface area contributed by atoms with Crippen LogP contribution in [0.4, 0.5) is 17.2 Å². The maximum Gasteiger partial charge on any atom is 0.125 e. The lowest BCUT2D eigenvalue weighted by molar-refractivity contribution is 0.291. The van der Waals surface area contributed by atoms with Gasteiger partial charge in [-0.25, -0.2) is 9.97 Å². The summed E-state index contributed by atoms with van der Waals surface area (Å²) in [5.41, 5.74) is 5.04. The molecule has 4 aromatic rings. The van der Waals surface area contributed by atoms with Crippen molar-refractivity contribution in [3.05, 3.63) is 60.9 Å². The van der Waals surface area contributed by atoms with Gasteiger partial charge in [0.1, 0.15) is 17.3 Å². The predicted molar refractivity (Wildman–Crippen MR) is 131 cm³/mol. The fourth-order valence-electron chi connectivity index (χ4n) is 3.58. The molecule has 2 N–H and O–H groups in total. The van der Waals surface area contributed by atoms with Gasteiger partial charge in [-0.1, -0.05) is 0 Å². The van der Waals surface area contributed by atoms with E-state index in [-0.39, 0.29) is 6.61 Å². The largest absolute Gasteiger partial charge is 0.497 e. The summed E-state index contributed by atoms with van der Waals surface area (Å²) in [5, 5.41) is 12.5. The maximum atomic E-state index is 9.47. The molecule has 170 valence electrons. The van der Waals surface area contributed by atoms with E-state index >= 15 is 0 Å². The molecular weight excluding hydrogens is 418 g/mol. The van der Waals surface area contributed by atoms with Gasteiger partial charge in [0.25, 0.3) is 0 Å². The maximum absolute atomic E-state index is 9.47. The van der Waals surface area contributed by atoms with Gasteiger partial charge in [0, 0.05) is 61.5 Å². The monoisotopic (exact) mass is 445 g/mol. The lowest BCUT2D eigenvalue weighted by atomic mass is 10.1. The molecule has 0 aliphatic rings. The van der Waals surface area contributed by atoms with Crippen LogP contribution in [0, 0.1) is 0 Å². The topological polar surface area (TPSA) is 92.6 Å². The summed E-state index contributed by atoms with van der Waals surface area (Å²) >= 11 is 0. The highest BCUT2D eigenvalue weighted by Crippen LogP contribution is 2.34. The molecule has 0 aliphatic carbocycles. The number of methoxy groups -OCH3 is 2. The molecule has 0 amide bonds. The second kappa shape index (κ2) is 10.1. The fourth-order valence-corrected chi connectivity index (χ4v) is 3.58. The molecule has 0 spiro atoms. The van der Waals surface area contributed by atoms with Crippen molar-refractivity contribution < 1.29 is 14.6 Å². The zero-order chi connectivity index (χ0) is 23.2. The van der Waals surface area contributed by atoms with Crippen LogP contribution < -0.4 is 19.7 Å². The van der Waals surface area contributed by atoms with E-state index in [1.54, 1.807) is 26.6 Å². The quantitative estimate of drug-likeness (QED) is 0.395. The summed E-state index contributed by atoms with van der Waals surface area (Å²) in [6, 6.07) is 15.6. The number of hydrogen-bond acceptors (Lipinski definition) is 8. The first kappa shape index (κ1) is 22.3. The summed E-state index contributed by atoms with van der Waals surface area (Å²) in [5.74, 6) is 2.18. The molecule has 2 heterocycles. The van der Waals surface area contributed by atoms with E-state index in [2.05, 4.69) is 20.2 Å². The van der Waals surface area contributed by atoms with E-state index in [1.165, 1.54) is 0 Å². The van der Waals surface area contributed by atoms with E-state index in [9.17, 15) is 5.11 Å². The number of rotatable bonds is 9. The Morgan fingerprint density at radius 1 is 0.879 bits per heavy atom. The molecular formula is C25H27N5O3. The predicted octanol–water partition coefficient (Wildman–Crippen LogP) is 4.27. The SMILES string of the molecule is CNc1ccc(-c2cnc3ccc(N(CCCO)c4cc(OC)cc(OC)c4)cc3n2)cn1. The minimum Gasteiger partial charge on any atom is -0.497 e. The van der Waals surface area contributed by atoms with Crippen LogP contribution in [-0.4, -0.2) is 54.5 Å². The minimum absolute atomic E-state index is 0.0880. The highest BCUT2D eigenvalue weighted by molar-refractivity contribution is 5.82. The van der Waals surface area contributed by atoms with Crippen molar-refractivity contribution in [2.24, 2.45) is 0 Å². The van der Waals surface area contributed by atoms with E-state index in [0.717, 1.165) is 39.5 Å². The molecule has 0 radical (unpaired) electrons. The van der Waals surface area contributed by atoms with Crippen LogP contribution in [0.1, 0.15) is 6.42 Å². The number of fused-ring (bicyclic) bond motifs is 1. The lowest BCUT2D eigenvalue weighted by Crippen LogP contribution is -2.19. The molecule has 0 aliphatic heterocycles. The smallest absolute Gasteiger partial charge is 0.125 e. The second-order valence-electron chi connectivity index (χ2n) is 7.41. The van der Waals surface area contributed by atoms with Gasteiger partial charge in [0.05, 0.1) is 37.1 Å². The Morgan fingerprint density at radius 2 is 1.67 bits per heavy atom. The number of aliphatic hydroxyl groups excluding tert-OH is 1. The van der Waals surface area contributed by atoms with Crippen LogP contribution in [-0.2, 0) is 0 Å². The van der Waals surface area contributed by atoms with Crippen LogP contribution in [0.15, 0.2) is 60.9 Å². The number of benzene rings is 2. The number of aliphatic hydroxyl groups is 1. The second-order valence-corrected chi connectivity index (χ2v) is 7.41. The van der Waals surface area contributed by atoms with Crippen LogP contribution in [0.5, 0.6) is 11.5 Å². The summed E-state index contributed by atoms with van der Waals surface area (Å²) in [6.07, 6.45) is 4.14. The van der Waals surface area contributed by atoms with E-state index in [0.29, 0.717) is 24.5 Å². The Hall–Kier alpha value is -3.91. The fraction of sp³-hybridized carbons (Fsp3) is 0.240. The lowest BCUT2D eigenvalue weighted by Gasteiger charge is -2.26. The first-order chi connectivity index (χ1) is 16.1. The Morgan fingerprint density at radius 3 is 2.30 bits per heavy atom. The van der Waals surface area contributed by atoms with E-state index < -0.39 is 0 Å². The Balaban J connectivity index is 1.76. The normalized spacial score (nSPS) is 10.8. The zero-order valence-electron chi connectivity index (χ0n) is 18.9. The van der Waals surface area contributed by atoms with Crippen LogP contribution in [0.2, 0.25) is 0 Å². The van der Waals surface area contributed by atoms with Crippen molar-refractivity contribution in [2.75, 3.05) is 44.6 Å². The molecule has 0 atom stereocenters. The number of pyridine rings is 1. The van der Waals surface area contributed by atoms with Gasteiger partial charge < -0.3 is 24.8 Å². The third kappa shape index (κ3) is 4.96. The van der Waals surface area contributed by atoms with Gasteiger partial charge in [0.2, 0.25) is 0 Å². The number of aromatic nitrogens is 3. The molecule has 0 saturated heterocycles. The first-order valence-electron chi connectivity index (χ1n) is 10.7. The van der Waals surface area contributed by atoms with Crippen molar-refractivity contribution in [3.63, 3.8) is 0 Å². The third-order valence-corrected chi connectivity index (χ3v) is 5.34. The zero-order valence-corrected chi connectivity index (χ0v) is 18.9. The van der Waals surface area contributed by atoms with Gasteiger partial charge >= 0.3 is 0 Å². The average molecular weight is 446 g/mol. The number of hydrogen-bond donors (Lipinski definition) is 2. The van der Waals surface area contributed by atoms with Gasteiger partial charge in [-0.2, -0.15) is 0 Å². The van der Waals surface area contributed by atoms with Gasteiger partial charge in [-0.3, -0.25) is 4.98 Å². The van der Waals surface area contributed by atoms with Crippen molar-refractivity contribution in [3.8, 4) is 22.8 Å². The number of anilines is 3. The van der Waals surface area contributed by atoms with Crippen molar-refractivity contribution in [1.82, 2.24) is 15.0 Å². The van der Waals surface area contributed by atoms with Crippen molar-refractivity contribution in [1.29, 1.82) is 0 Å². The number of nitrogens with zero attached hydrogens (tertiary/aromatic N) is 4. The summed E-state index contributed by atoms with van der Waals surface area (Å²) in [7, 11) is 5.09. The molecule has 0 bridgehead atoms. The van der Waals surface area contributed by atoms with Crippen LogP contribution in [0.25, 0.3) is 22.3 Å². The molecule has 8 heteroatoms. The number of ether oxygens (including phenoxy) is 2. The third-order valence-electron chi connectivity index (χ3n) is 5.34. The van der Waals surface area contributed by atoms with Crippen LogP contribution in [0.3, 0.4) is 0 Å². The minimum atomic E-state index is 0.0880. The van der Waals surface area contributed by atoms with Gasteiger partial charge in [-0.15, -0.1) is 0 Å². The van der Waals surface area contributed by atoms with E-state index in [4.69, 9.17) is 14.5 Å². The first-order valence-corrected chi connectivity index (χ1v) is 10.7. The molecule has 0 saturated carbocycles. The Kier molecular flexibility index (Phi) is 6.85. The Bertz CT molecular complexity index is 1210. The van der Waals surface area contributed by atoms with Crippen molar-refractivity contribution in [2.45, 2.75) is 6.42 Å². The molecule has 4 rings (SSSR count). The summed E-state index contributed by atoms with van der Waals surface area (Å²) in [4.78, 5) is 15.9. The number of nitrogens with one attached hydrogen (secondary N) is 1. The molecule has 2 aromatic carbocycles. The summed E-state index contributed by atoms with van der Waals surface area (Å²) in [6.45, 7) is 0.700. The molecule has 33 heavy (non-hydrogen) atoms. The molecule has 2 aromatic heterocycles. The van der Waals surface area contributed by atoms with Crippen molar-refractivity contribution >= 4 is 28.2 Å². The molecule has 0 unspecified atom stereocenters. The average Bonchev–Trinajstić information content (AvgIpc) is 2.88. The Labute approximate surface area is 192 Å². The van der Waals surface area contributed by atoms with Gasteiger partial charge in [-0.05, 0) is 36.8 Å². The summed E-state index contributed by atoms with van der Waals surface area (Å²) < 4.78 is 10.9. The standard InChI is InChI=1S/C25H27N5O3/c1-26-25-8-5-17(15-28-25)24-16-27-22-7-6-18(13-23(22)29-24)30(9-4-10-31)19-11-20(32-2)14-21(12-19)33-3/h5-8,11-16,31H,4,9-10H2,1-3H3,(H,26,28). The molecule has 0 fully saturated rings. The highest BCUT2D eigenvalue weighted by atomic mass is 16.5. The van der Waals surface area contributed by atoms with Crippen LogP contribution >= 0.6 is 0 Å². The van der Waals surface area contributed by atoms with E-state index in [1.807, 2.05) is 55.6 Å². The highest BCUT2D eigenvalue weighted by Gasteiger charge is 2.14.